The molecule has 4 heteroatoms. The van der Waals surface area contributed by atoms with Crippen LogP contribution in [0.2, 0.25) is 0 Å². The van der Waals surface area contributed by atoms with E-state index in [9.17, 15) is 5.11 Å². The van der Waals surface area contributed by atoms with Crippen molar-refractivity contribution in [3.63, 3.8) is 0 Å². The summed E-state index contributed by atoms with van der Waals surface area (Å²) in [6, 6.07) is 1.97. The van der Waals surface area contributed by atoms with Gasteiger partial charge in [0.2, 0.25) is 0 Å². The van der Waals surface area contributed by atoms with Crippen LogP contribution in [0.3, 0.4) is 0 Å². The number of rotatable bonds is 1. The predicted molar refractivity (Wildman–Crippen MR) is 54.5 cm³/mol. The van der Waals surface area contributed by atoms with Gasteiger partial charge in [-0.1, -0.05) is 0 Å². The minimum absolute atomic E-state index is 0.0833. The summed E-state index contributed by atoms with van der Waals surface area (Å²) in [5.74, 6) is 0.407. The summed E-state index contributed by atoms with van der Waals surface area (Å²) in [5, 5.41) is 10.2. The number of nitrogen functional groups attached to an aromatic ring is 1. The van der Waals surface area contributed by atoms with Gasteiger partial charge in [-0.2, -0.15) is 0 Å². The van der Waals surface area contributed by atoms with Crippen LogP contribution in [0.1, 0.15) is 24.0 Å². The SMILES string of the molecule is Cc1cnc(N)c(C2(O)CC(N)C2)c1. The Labute approximate surface area is 82.9 Å². The summed E-state index contributed by atoms with van der Waals surface area (Å²) in [6.07, 6.45) is 2.84. The van der Waals surface area contributed by atoms with Gasteiger partial charge in [-0.25, -0.2) is 4.98 Å². The molecule has 0 amide bonds. The number of nitrogens with zero attached hydrogens (tertiary/aromatic N) is 1. The number of aryl methyl sites for hydroxylation is 1. The molecule has 1 aromatic rings. The maximum absolute atomic E-state index is 10.2. The topological polar surface area (TPSA) is 85.2 Å². The fraction of sp³-hybridized carbons (Fsp3) is 0.500. The quantitative estimate of drug-likeness (QED) is 0.598. The standard InChI is InChI=1S/C10H15N3O/c1-6-2-8(9(12)13-5-6)10(14)3-7(11)4-10/h2,5,7,14H,3-4,11H2,1H3,(H2,12,13). The Morgan fingerprint density at radius 1 is 1.57 bits per heavy atom. The summed E-state index contributed by atoms with van der Waals surface area (Å²) in [7, 11) is 0. The molecule has 1 saturated carbocycles. The molecule has 0 bridgehead atoms. The third kappa shape index (κ3) is 1.36. The Morgan fingerprint density at radius 2 is 2.21 bits per heavy atom. The molecule has 5 N–H and O–H groups in total. The van der Waals surface area contributed by atoms with Crippen molar-refractivity contribution in [3.8, 4) is 0 Å². The number of pyridine rings is 1. The van der Waals surface area contributed by atoms with Gasteiger partial charge in [-0.3, -0.25) is 0 Å². The molecule has 76 valence electrons. The molecule has 1 heterocycles. The van der Waals surface area contributed by atoms with E-state index in [1.54, 1.807) is 6.20 Å². The number of anilines is 1. The van der Waals surface area contributed by atoms with Gasteiger partial charge in [0.05, 0.1) is 5.60 Å². The average Bonchev–Trinajstić information content (AvgIpc) is 2.07. The highest BCUT2D eigenvalue weighted by molar-refractivity contribution is 5.46. The molecule has 1 fully saturated rings. The molecule has 0 aromatic carbocycles. The number of aromatic nitrogens is 1. The summed E-state index contributed by atoms with van der Waals surface area (Å²) < 4.78 is 0. The lowest BCUT2D eigenvalue weighted by molar-refractivity contribution is -0.0518. The van der Waals surface area contributed by atoms with Crippen molar-refractivity contribution in [3.05, 3.63) is 23.4 Å². The predicted octanol–water partition coefficient (Wildman–Crippen LogP) is 0.281. The highest BCUT2D eigenvalue weighted by Crippen LogP contribution is 2.42. The number of aliphatic hydroxyl groups is 1. The van der Waals surface area contributed by atoms with E-state index >= 15 is 0 Å². The first-order chi connectivity index (χ1) is 6.51. The van der Waals surface area contributed by atoms with Gasteiger partial charge in [0.15, 0.2) is 0 Å². The summed E-state index contributed by atoms with van der Waals surface area (Å²) in [6.45, 7) is 1.93. The van der Waals surface area contributed by atoms with Crippen LogP contribution in [0.25, 0.3) is 0 Å². The van der Waals surface area contributed by atoms with Gasteiger partial charge < -0.3 is 16.6 Å². The molecule has 4 nitrogen and oxygen atoms in total. The lowest BCUT2D eigenvalue weighted by atomic mass is 9.71. The first-order valence-electron chi connectivity index (χ1n) is 4.72. The molecule has 1 aliphatic carbocycles. The van der Waals surface area contributed by atoms with Crippen molar-refractivity contribution < 1.29 is 5.11 Å². The van der Waals surface area contributed by atoms with Crippen LogP contribution in [0.5, 0.6) is 0 Å². The minimum Gasteiger partial charge on any atom is -0.385 e. The van der Waals surface area contributed by atoms with Gasteiger partial charge in [0, 0.05) is 17.8 Å². The van der Waals surface area contributed by atoms with Crippen LogP contribution >= 0.6 is 0 Å². The average molecular weight is 193 g/mol. The summed E-state index contributed by atoms with van der Waals surface area (Å²) in [4.78, 5) is 4.03. The van der Waals surface area contributed by atoms with E-state index in [4.69, 9.17) is 11.5 Å². The van der Waals surface area contributed by atoms with E-state index in [1.165, 1.54) is 0 Å². The van der Waals surface area contributed by atoms with Crippen molar-refractivity contribution in [2.24, 2.45) is 5.73 Å². The van der Waals surface area contributed by atoms with Crippen LogP contribution in [0, 0.1) is 6.92 Å². The Bertz CT molecular complexity index is 358. The second-order valence-corrected chi connectivity index (χ2v) is 4.15. The van der Waals surface area contributed by atoms with E-state index < -0.39 is 5.60 Å². The maximum atomic E-state index is 10.2. The normalized spacial score (nSPS) is 31.2. The lowest BCUT2D eigenvalue weighted by Gasteiger charge is -2.42. The van der Waals surface area contributed by atoms with E-state index in [1.807, 2.05) is 13.0 Å². The van der Waals surface area contributed by atoms with Crippen LogP contribution in [0.4, 0.5) is 5.82 Å². The van der Waals surface area contributed by atoms with Gasteiger partial charge in [0.1, 0.15) is 5.82 Å². The first kappa shape index (κ1) is 9.43. The Hall–Kier alpha value is -1.13. The Balaban J connectivity index is 2.36. The molecule has 0 atom stereocenters. The van der Waals surface area contributed by atoms with Gasteiger partial charge >= 0.3 is 0 Å². The lowest BCUT2D eigenvalue weighted by Crippen LogP contribution is -2.49. The minimum atomic E-state index is -0.845. The van der Waals surface area contributed by atoms with Crippen LogP contribution in [-0.2, 0) is 5.60 Å². The van der Waals surface area contributed by atoms with Gasteiger partial charge in [-0.15, -0.1) is 0 Å². The van der Waals surface area contributed by atoms with Gasteiger partial charge in [-0.05, 0) is 31.4 Å². The van der Waals surface area contributed by atoms with E-state index in [2.05, 4.69) is 4.98 Å². The van der Waals surface area contributed by atoms with E-state index in [0.717, 1.165) is 11.1 Å². The van der Waals surface area contributed by atoms with E-state index in [0.29, 0.717) is 18.7 Å². The van der Waals surface area contributed by atoms with Crippen molar-refractivity contribution in [2.75, 3.05) is 5.73 Å². The second-order valence-electron chi connectivity index (χ2n) is 4.15. The number of hydrogen-bond acceptors (Lipinski definition) is 4. The van der Waals surface area contributed by atoms with Crippen molar-refractivity contribution in [1.82, 2.24) is 4.98 Å². The summed E-state index contributed by atoms with van der Waals surface area (Å²) in [5.41, 5.74) is 12.3. The fourth-order valence-corrected chi connectivity index (χ4v) is 1.98. The molecule has 0 radical (unpaired) electrons. The van der Waals surface area contributed by atoms with Gasteiger partial charge in [0.25, 0.3) is 0 Å². The molecular formula is C10H15N3O. The molecule has 0 spiro atoms. The molecular weight excluding hydrogens is 178 g/mol. The third-order valence-corrected chi connectivity index (χ3v) is 2.76. The highest BCUT2D eigenvalue weighted by Gasteiger charge is 2.43. The molecule has 2 rings (SSSR count). The third-order valence-electron chi connectivity index (χ3n) is 2.76. The number of nitrogens with two attached hydrogens (primary N) is 2. The summed E-state index contributed by atoms with van der Waals surface area (Å²) >= 11 is 0. The maximum Gasteiger partial charge on any atom is 0.129 e. The van der Waals surface area contributed by atoms with Crippen LogP contribution in [0.15, 0.2) is 12.3 Å². The first-order valence-corrected chi connectivity index (χ1v) is 4.72. The van der Waals surface area contributed by atoms with Crippen molar-refractivity contribution in [2.45, 2.75) is 31.4 Å². The van der Waals surface area contributed by atoms with Crippen LogP contribution < -0.4 is 11.5 Å². The monoisotopic (exact) mass is 193 g/mol. The van der Waals surface area contributed by atoms with Crippen molar-refractivity contribution in [1.29, 1.82) is 0 Å². The van der Waals surface area contributed by atoms with Crippen LogP contribution in [-0.4, -0.2) is 16.1 Å². The second kappa shape index (κ2) is 2.93. The highest BCUT2D eigenvalue weighted by atomic mass is 16.3. The largest absolute Gasteiger partial charge is 0.385 e. The molecule has 0 aliphatic heterocycles. The van der Waals surface area contributed by atoms with E-state index in [-0.39, 0.29) is 6.04 Å². The molecule has 14 heavy (non-hydrogen) atoms. The molecule has 1 aromatic heterocycles. The zero-order valence-electron chi connectivity index (χ0n) is 8.20. The molecule has 1 aliphatic rings. The fourth-order valence-electron chi connectivity index (χ4n) is 1.98. The zero-order chi connectivity index (χ0) is 10.3. The van der Waals surface area contributed by atoms with Crippen molar-refractivity contribution >= 4 is 5.82 Å². The number of hydrogen-bond donors (Lipinski definition) is 3. The molecule has 0 saturated heterocycles. The smallest absolute Gasteiger partial charge is 0.129 e. The molecule has 0 unspecified atom stereocenters. The zero-order valence-corrected chi connectivity index (χ0v) is 8.20. The Kier molecular flexibility index (Phi) is 1.97. The Morgan fingerprint density at radius 3 is 2.79 bits per heavy atom.